The van der Waals surface area contributed by atoms with E-state index in [0.717, 1.165) is 11.1 Å². The number of aromatic hydroxyl groups is 1. The molecule has 1 heterocycles. The average Bonchev–Trinajstić information content (AvgIpc) is 3.08. The van der Waals surface area contributed by atoms with E-state index >= 15 is 0 Å². The maximum atomic E-state index is 13.3. The number of carbonyl (C=O) groups is 2. The molecular formula is C29H29NO5. The molecule has 0 spiro atoms. The van der Waals surface area contributed by atoms with Crippen LogP contribution in [0, 0.1) is 19.8 Å². The van der Waals surface area contributed by atoms with Gasteiger partial charge in [-0.05, 0) is 73.4 Å². The molecule has 6 nitrogen and oxygen atoms in total. The van der Waals surface area contributed by atoms with Crippen LogP contribution in [-0.2, 0) is 9.59 Å². The largest absolute Gasteiger partial charge is 0.508 e. The second kappa shape index (κ2) is 9.66. The molecule has 0 saturated carbocycles. The van der Waals surface area contributed by atoms with E-state index in [9.17, 15) is 19.8 Å². The summed E-state index contributed by atoms with van der Waals surface area (Å²) in [5.41, 5.74) is 3.23. The number of aliphatic hydroxyl groups is 1. The van der Waals surface area contributed by atoms with Crippen molar-refractivity contribution < 1.29 is 24.5 Å². The SMILES string of the molecule is Cc1ccc(N2C(=O)C(=O)/C(=C(\O)c3ccc(OCC(C)C)c(C)c3)C2c2cccc(O)c2)cc1. The number of rotatable bonds is 6. The summed E-state index contributed by atoms with van der Waals surface area (Å²) in [5, 5.41) is 21.4. The number of aliphatic hydroxyl groups excluding tert-OH is 1. The molecule has 180 valence electrons. The summed E-state index contributed by atoms with van der Waals surface area (Å²) in [6.45, 7) is 8.48. The van der Waals surface area contributed by atoms with Gasteiger partial charge in [0.05, 0.1) is 18.2 Å². The number of hydrogen-bond acceptors (Lipinski definition) is 5. The minimum Gasteiger partial charge on any atom is -0.508 e. The van der Waals surface area contributed by atoms with Gasteiger partial charge < -0.3 is 14.9 Å². The summed E-state index contributed by atoms with van der Waals surface area (Å²) >= 11 is 0. The fourth-order valence-electron chi connectivity index (χ4n) is 4.19. The van der Waals surface area contributed by atoms with E-state index in [1.807, 2.05) is 26.0 Å². The molecule has 1 fully saturated rings. The minimum absolute atomic E-state index is 0.000470. The third kappa shape index (κ3) is 4.78. The predicted molar refractivity (Wildman–Crippen MR) is 136 cm³/mol. The molecule has 1 unspecified atom stereocenters. The summed E-state index contributed by atoms with van der Waals surface area (Å²) in [7, 11) is 0. The number of hydrogen-bond donors (Lipinski definition) is 2. The number of Topliss-reactive ketones (excluding diaryl/α,β-unsaturated/α-hetero) is 1. The van der Waals surface area contributed by atoms with Crippen LogP contribution < -0.4 is 9.64 Å². The van der Waals surface area contributed by atoms with Gasteiger partial charge >= 0.3 is 0 Å². The van der Waals surface area contributed by atoms with Gasteiger partial charge in [0.25, 0.3) is 11.7 Å². The van der Waals surface area contributed by atoms with Crippen molar-refractivity contribution in [1.29, 1.82) is 0 Å². The van der Waals surface area contributed by atoms with Crippen LogP contribution >= 0.6 is 0 Å². The lowest BCUT2D eigenvalue weighted by molar-refractivity contribution is -0.132. The first-order valence-corrected chi connectivity index (χ1v) is 11.6. The van der Waals surface area contributed by atoms with Crippen LogP contribution in [0.2, 0.25) is 0 Å². The maximum absolute atomic E-state index is 13.3. The van der Waals surface area contributed by atoms with Crippen molar-refractivity contribution in [3.63, 3.8) is 0 Å². The Kier molecular flexibility index (Phi) is 6.65. The Morgan fingerprint density at radius 1 is 1.00 bits per heavy atom. The van der Waals surface area contributed by atoms with Crippen LogP contribution in [0.25, 0.3) is 5.76 Å². The van der Waals surface area contributed by atoms with Crippen molar-refractivity contribution in [2.24, 2.45) is 5.92 Å². The first-order valence-electron chi connectivity index (χ1n) is 11.6. The molecule has 1 aliphatic rings. The lowest BCUT2D eigenvalue weighted by Gasteiger charge is -2.25. The minimum atomic E-state index is -0.901. The van der Waals surface area contributed by atoms with Crippen molar-refractivity contribution in [1.82, 2.24) is 0 Å². The Bertz CT molecular complexity index is 1310. The van der Waals surface area contributed by atoms with Crippen molar-refractivity contribution in [2.75, 3.05) is 11.5 Å². The molecule has 1 saturated heterocycles. The third-order valence-electron chi connectivity index (χ3n) is 5.96. The van der Waals surface area contributed by atoms with Gasteiger partial charge in [0.1, 0.15) is 17.3 Å². The number of ether oxygens (including phenoxy) is 1. The van der Waals surface area contributed by atoms with Gasteiger partial charge in [-0.25, -0.2) is 0 Å². The zero-order chi connectivity index (χ0) is 25.3. The van der Waals surface area contributed by atoms with Crippen LogP contribution in [0.1, 0.15) is 42.1 Å². The number of phenols is 1. The fraction of sp³-hybridized carbons (Fsp3) is 0.241. The molecule has 1 aliphatic heterocycles. The average molecular weight is 472 g/mol. The molecule has 0 bridgehead atoms. The number of nitrogens with zero attached hydrogens (tertiary/aromatic N) is 1. The van der Waals surface area contributed by atoms with Gasteiger partial charge in [-0.2, -0.15) is 0 Å². The highest BCUT2D eigenvalue weighted by Crippen LogP contribution is 2.43. The van der Waals surface area contributed by atoms with Crippen molar-refractivity contribution in [3.05, 3.63) is 94.6 Å². The van der Waals surface area contributed by atoms with Gasteiger partial charge in [0.2, 0.25) is 0 Å². The van der Waals surface area contributed by atoms with Crippen LogP contribution in [0.15, 0.2) is 72.3 Å². The lowest BCUT2D eigenvalue weighted by Crippen LogP contribution is -2.29. The topological polar surface area (TPSA) is 87.1 Å². The summed E-state index contributed by atoms with van der Waals surface area (Å²) in [6.07, 6.45) is 0. The van der Waals surface area contributed by atoms with Crippen molar-refractivity contribution >= 4 is 23.1 Å². The number of anilines is 1. The van der Waals surface area contributed by atoms with Gasteiger partial charge in [-0.15, -0.1) is 0 Å². The maximum Gasteiger partial charge on any atom is 0.300 e. The van der Waals surface area contributed by atoms with E-state index in [0.29, 0.717) is 35.1 Å². The van der Waals surface area contributed by atoms with Crippen LogP contribution in [-0.4, -0.2) is 28.5 Å². The van der Waals surface area contributed by atoms with Gasteiger partial charge in [0, 0.05) is 11.3 Å². The van der Waals surface area contributed by atoms with Crippen molar-refractivity contribution in [3.8, 4) is 11.5 Å². The molecule has 35 heavy (non-hydrogen) atoms. The molecule has 2 N–H and O–H groups in total. The second-order valence-electron chi connectivity index (χ2n) is 9.28. The molecule has 4 rings (SSSR count). The molecular weight excluding hydrogens is 442 g/mol. The monoisotopic (exact) mass is 471 g/mol. The number of aryl methyl sites for hydroxylation is 2. The Labute approximate surface area is 205 Å². The summed E-state index contributed by atoms with van der Waals surface area (Å²) in [6, 6.07) is 17.9. The number of benzene rings is 3. The molecule has 1 atom stereocenters. The Morgan fingerprint density at radius 2 is 1.71 bits per heavy atom. The van der Waals surface area contributed by atoms with Crippen molar-refractivity contribution in [2.45, 2.75) is 33.7 Å². The molecule has 1 amide bonds. The number of phenolic OH excluding ortho intramolecular Hbond substituents is 1. The van der Waals surface area contributed by atoms with Gasteiger partial charge in [0.15, 0.2) is 0 Å². The molecule has 3 aromatic carbocycles. The normalized spacial score (nSPS) is 17.3. The summed E-state index contributed by atoms with van der Waals surface area (Å²) < 4.78 is 5.83. The Balaban J connectivity index is 1.85. The first-order chi connectivity index (χ1) is 16.7. The number of carbonyl (C=O) groups excluding carboxylic acids is 2. The van der Waals surface area contributed by atoms with E-state index in [1.165, 1.54) is 17.0 Å². The van der Waals surface area contributed by atoms with Crippen LogP contribution in [0.4, 0.5) is 5.69 Å². The van der Waals surface area contributed by atoms with Gasteiger partial charge in [-0.3, -0.25) is 14.5 Å². The standard InChI is InChI=1S/C29H29NO5/c1-17(2)16-35-24-13-10-21(14-19(24)4)27(32)25-26(20-6-5-7-23(31)15-20)30(29(34)28(25)33)22-11-8-18(3)9-12-22/h5-15,17,26,31-32H,16H2,1-4H3/b27-25-. The molecule has 6 heteroatoms. The number of ketones is 1. The van der Waals surface area contributed by atoms with Crippen LogP contribution in [0.3, 0.4) is 0 Å². The second-order valence-corrected chi connectivity index (χ2v) is 9.28. The zero-order valence-corrected chi connectivity index (χ0v) is 20.3. The zero-order valence-electron chi connectivity index (χ0n) is 20.3. The molecule has 0 aromatic heterocycles. The van der Waals surface area contributed by atoms with E-state index in [-0.39, 0.29) is 17.1 Å². The number of amides is 1. The molecule has 0 radical (unpaired) electrons. The van der Waals surface area contributed by atoms with E-state index in [4.69, 9.17) is 4.74 Å². The lowest BCUT2D eigenvalue weighted by atomic mass is 9.94. The summed E-state index contributed by atoms with van der Waals surface area (Å²) in [4.78, 5) is 27.9. The van der Waals surface area contributed by atoms with Crippen LogP contribution in [0.5, 0.6) is 11.5 Å². The van der Waals surface area contributed by atoms with E-state index < -0.39 is 17.7 Å². The van der Waals surface area contributed by atoms with Gasteiger partial charge in [-0.1, -0.05) is 43.7 Å². The highest BCUT2D eigenvalue weighted by molar-refractivity contribution is 6.51. The smallest absolute Gasteiger partial charge is 0.300 e. The molecule has 0 aliphatic carbocycles. The predicted octanol–water partition coefficient (Wildman–Crippen LogP) is 5.67. The first kappa shape index (κ1) is 24.1. The fourth-order valence-corrected chi connectivity index (χ4v) is 4.19. The third-order valence-corrected chi connectivity index (χ3v) is 5.96. The van der Waals surface area contributed by atoms with E-state index in [1.54, 1.807) is 42.5 Å². The van der Waals surface area contributed by atoms with E-state index in [2.05, 4.69) is 13.8 Å². The molecule has 3 aromatic rings. The quantitative estimate of drug-likeness (QED) is 0.275. The highest BCUT2D eigenvalue weighted by Gasteiger charge is 2.47. The Hall–Kier alpha value is -4.06. The highest BCUT2D eigenvalue weighted by atomic mass is 16.5. The summed E-state index contributed by atoms with van der Waals surface area (Å²) in [5.74, 6) is -0.738. The Morgan fingerprint density at radius 3 is 2.34 bits per heavy atom.